The van der Waals surface area contributed by atoms with E-state index >= 15 is 0 Å². The van der Waals surface area contributed by atoms with Gasteiger partial charge < -0.3 is 9.64 Å². The maximum absolute atomic E-state index is 13.1. The largest absolute Gasteiger partial charge is 0.360 e. The molecule has 0 bridgehead atoms. The lowest BCUT2D eigenvalue weighted by atomic mass is 10.1. The number of nitriles is 1. The van der Waals surface area contributed by atoms with Crippen LogP contribution in [0.25, 0.3) is 5.57 Å². The van der Waals surface area contributed by atoms with Gasteiger partial charge in [0.2, 0.25) is 5.91 Å². The molecule has 0 aromatic heterocycles. The molecule has 1 amide bonds. The van der Waals surface area contributed by atoms with Gasteiger partial charge in [0.15, 0.2) is 6.10 Å². The fraction of sp³-hybridized carbons (Fsp3) is 0.333. The Bertz CT molecular complexity index is 577. The van der Waals surface area contributed by atoms with Crippen molar-refractivity contribution in [2.24, 2.45) is 0 Å². The number of ether oxygens (including phenoxy) is 1. The number of hydrogen-bond acceptors (Lipinski definition) is 3. The summed E-state index contributed by atoms with van der Waals surface area (Å²) in [6, 6.07) is 8.09. The quantitative estimate of drug-likeness (QED) is 0.775. The van der Waals surface area contributed by atoms with E-state index in [2.05, 4.69) is 0 Å². The average molecular weight is 274 g/mol. The third-order valence-electron chi connectivity index (χ3n) is 3.14. The van der Waals surface area contributed by atoms with Crippen LogP contribution in [0.5, 0.6) is 0 Å². The molecule has 2 rings (SSSR count). The Labute approximate surface area is 117 Å². The number of morpholine rings is 1. The van der Waals surface area contributed by atoms with Gasteiger partial charge in [0, 0.05) is 12.6 Å². The summed E-state index contributed by atoms with van der Waals surface area (Å²) in [7, 11) is 0. The number of carbonyl (C=O) groups is 1. The second kappa shape index (κ2) is 6.31. The van der Waals surface area contributed by atoms with Crippen LogP contribution in [0.2, 0.25) is 0 Å². The number of hydrogen-bond donors (Lipinski definition) is 0. The molecular weight excluding hydrogens is 259 g/mol. The highest BCUT2D eigenvalue weighted by molar-refractivity contribution is 5.94. The molecule has 20 heavy (non-hydrogen) atoms. The van der Waals surface area contributed by atoms with Crippen LogP contribution in [-0.4, -0.2) is 36.6 Å². The van der Waals surface area contributed by atoms with Crippen molar-refractivity contribution in [1.29, 1.82) is 5.26 Å². The molecule has 1 aliphatic rings. The highest BCUT2D eigenvalue weighted by Crippen LogP contribution is 2.16. The summed E-state index contributed by atoms with van der Waals surface area (Å²) < 4.78 is 18.3. The monoisotopic (exact) mass is 274 g/mol. The fourth-order valence-electron chi connectivity index (χ4n) is 2.02. The van der Waals surface area contributed by atoms with Gasteiger partial charge in [0.25, 0.3) is 0 Å². The molecule has 1 unspecified atom stereocenters. The molecule has 1 heterocycles. The number of rotatable bonds is 2. The summed E-state index contributed by atoms with van der Waals surface area (Å²) in [5, 5.41) is 8.81. The van der Waals surface area contributed by atoms with Crippen LogP contribution in [0.4, 0.5) is 4.39 Å². The van der Waals surface area contributed by atoms with Crippen molar-refractivity contribution in [2.75, 3.05) is 19.7 Å². The lowest BCUT2D eigenvalue weighted by Crippen LogP contribution is -2.44. The predicted octanol–water partition coefficient (Wildman–Crippen LogP) is 1.98. The van der Waals surface area contributed by atoms with Crippen molar-refractivity contribution in [2.45, 2.75) is 13.0 Å². The van der Waals surface area contributed by atoms with Gasteiger partial charge in [-0.2, -0.15) is 5.26 Å². The minimum Gasteiger partial charge on any atom is -0.360 e. The SMILES string of the molecule is C/C(=C/C(=O)N1CCOC(C#N)C1)c1cccc(F)c1. The van der Waals surface area contributed by atoms with Crippen LogP contribution >= 0.6 is 0 Å². The lowest BCUT2D eigenvalue weighted by Gasteiger charge is -2.29. The van der Waals surface area contributed by atoms with Gasteiger partial charge in [0.05, 0.1) is 19.2 Å². The Balaban J connectivity index is 2.10. The van der Waals surface area contributed by atoms with Crippen molar-refractivity contribution in [3.05, 3.63) is 41.7 Å². The second-order valence-corrected chi connectivity index (χ2v) is 4.61. The summed E-state index contributed by atoms with van der Waals surface area (Å²) in [6.45, 7) is 2.85. The summed E-state index contributed by atoms with van der Waals surface area (Å²) in [5.41, 5.74) is 1.36. The molecule has 5 heteroatoms. The minimum absolute atomic E-state index is 0.185. The van der Waals surface area contributed by atoms with Crippen LogP contribution in [0.3, 0.4) is 0 Å². The van der Waals surface area contributed by atoms with Gasteiger partial charge in [-0.1, -0.05) is 12.1 Å². The topological polar surface area (TPSA) is 53.3 Å². The molecular formula is C15H15FN2O2. The lowest BCUT2D eigenvalue weighted by molar-refractivity contribution is -0.131. The third kappa shape index (κ3) is 3.43. The molecule has 0 aliphatic carbocycles. The Morgan fingerprint density at radius 2 is 2.40 bits per heavy atom. The summed E-state index contributed by atoms with van der Waals surface area (Å²) >= 11 is 0. The van der Waals surface area contributed by atoms with Gasteiger partial charge in [-0.05, 0) is 30.2 Å². The molecule has 1 saturated heterocycles. The molecule has 0 radical (unpaired) electrons. The van der Waals surface area contributed by atoms with Crippen molar-refractivity contribution in [3.63, 3.8) is 0 Å². The molecule has 0 spiro atoms. The van der Waals surface area contributed by atoms with E-state index in [1.54, 1.807) is 24.0 Å². The molecule has 0 saturated carbocycles. The number of nitrogens with zero attached hydrogens (tertiary/aromatic N) is 2. The average Bonchev–Trinajstić information content (AvgIpc) is 2.47. The van der Waals surface area contributed by atoms with Crippen LogP contribution in [-0.2, 0) is 9.53 Å². The summed E-state index contributed by atoms with van der Waals surface area (Å²) in [4.78, 5) is 13.7. The third-order valence-corrected chi connectivity index (χ3v) is 3.14. The van der Waals surface area contributed by atoms with Crippen LogP contribution in [0.15, 0.2) is 30.3 Å². The smallest absolute Gasteiger partial charge is 0.247 e. The van der Waals surface area contributed by atoms with Crippen molar-refractivity contribution in [1.82, 2.24) is 4.90 Å². The second-order valence-electron chi connectivity index (χ2n) is 4.61. The van der Waals surface area contributed by atoms with Gasteiger partial charge >= 0.3 is 0 Å². The highest BCUT2D eigenvalue weighted by Gasteiger charge is 2.22. The van der Waals surface area contributed by atoms with E-state index in [-0.39, 0.29) is 18.3 Å². The van der Waals surface area contributed by atoms with Gasteiger partial charge in [-0.15, -0.1) is 0 Å². The Morgan fingerprint density at radius 3 is 3.10 bits per heavy atom. The fourth-order valence-corrected chi connectivity index (χ4v) is 2.02. The van der Waals surface area contributed by atoms with E-state index in [0.717, 1.165) is 0 Å². The first kappa shape index (κ1) is 14.2. The maximum atomic E-state index is 13.1. The normalized spacial score (nSPS) is 19.6. The summed E-state index contributed by atoms with van der Waals surface area (Å²) in [5.74, 6) is -0.520. The number of halogens is 1. The number of benzene rings is 1. The number of allylic oxidation sites excluding steroid dienone is 1. The van der Waals surface area contributed by atoms with Crippen molar-refractivity contribution >= 4 is 11.5 Å². The Morgan fingerprint density at radius 1 is 1.60 bits per heavy atom. The predicted molar refractivity (Wildman–Crippen MR) is 72.0 cm³/mol. The van der Waals surface area contributed by atoms with E-state index in [9.17, 15) is 9.18 Å². The van der Waals surface area contributed by atoms with Gasteiger partial charge in [-0.25, -0.2) is 4.39 Å². The van der Waals surface area contributed by atoms with E-state index in [4.69, 9.17) is 10.00 Å². The van der Waals surface area contributed by atoms with E-state index in [1.807, 2.05) is 6.07 Å². The highest BCUT2D eigenvalue weighted by atomic mass is 19.1. The molecule has 1 aliphatic heterocycles. The first-order valence-electron chi connectivity index (χ1n) is 6.34. The number of carbonyl (C=O) groups excluding carboxylic acids is 1. The Kier molecular flexibility index (Phi) is 4.49. The zero-order valence-corrected chi connectivity index (χ0v) is 11.2. The first-order chi connectivity index (χ1) is 9.60. The van der Waals surface area contributed by atoms with Crippen LogP contribution in [0.1, 0.15) is 12.5 Å². The van der Waals surface area contributed by atoms with Crippen molar-refractivity contribution < 1.29 is 13.9 Å². The molecule has 1 aromatic rings. The van der Waals surface area contributed by atoms with Crippen LogP contribution in [0, 0.1) is 17.1 Å². The standard InChI is InChI=1S/C15H15FN2O2/c1-11(12-3-2-4-13(16)8-12)7-15(19)18-5-6-20-14(9-17)10-18/h2-4,7-8,14H,5-6,10H2,1H3/b11-7-. The van der Waals surface area contributed by atoms with E-state index < -0.39 is 6.10 Å². The van der Waals surface area contributed by atoms with Gasteiger partial charge in [-0.3, -0.25) is 4.79 Å². The molecule has 0 N–H and O–H groups in total. The van der Waals surface area contributed by atoms with Crippen LogP contribution < -0.4 is 0 Å². The molecule has 4 nitrogen and oxygen atoms in total. The zero-order chi connectivity index (χ0) is 14.5. The van der Waals surface area contributed by atoms with E-state index in [0.29, 0.717) is 24.3 Å². The molecule has 1 atom stereocenters. The molecule has 104 valence electrons. The van der Waals surface area contributed by atoms with Crippen molar-refractivity contribution in [3.8, 4) is 6.07 Å². The minimum atomic E-state index is -0.574. The molecule has 1 fully saturated rings. The summed E-state index contributed by atoms with van der Waals surface area (Å²) in [6.07, 6.45) is 0.893. The Hall–Kier alpha value is -2.19. The first-order valence-corrected chi connectivity index (χ1v) is 6.34. The zero-order valence-electron chi connectivity index (χ0n) is 11.2. The maximum Gasteiger partial charge on any atom is 0.247 e. The number of amides is 1. The van der Waals surface area contributed by atoms with E-state index in [1.165, 1.54) is 18.2 Å². The molecule has 1 aromatic carbocycles. The van der Waals surface area contributed by atoms with Gasteiger partial charge in [0.1, 0.15) is 5.82 Å².